The second-order valence-corrected chi connectivity index (χ2v) is 8.38. The summed E-state index contributed by atoms with van der Waals surface area (Å²) in [4.78, 5) is 44.2. The summed E-state index contributed by atoms with van der Waals surface area (Å²) in [7, 11) is 3.38. The Bertz CT molecular complexity index is 1100. The van der Waals surface area contributed by atoms with Crippen molar-refractivity contribution in [3.8, 4) is 0 Å². The number of carbonyl (C=O) groups excluding carboxylic acids is 1. The molecule has 3 rings (SSSR count). The number of aromatic nitrogens is 4. The van der Waals surface area contributed by atoms with Crippen molar-refractivity contribution < 1.29 is 9.53 Å². The molecule has 0 fully saturated rings. The number of fused-ring (bicyclic) bond motifs is 1. The number of ether oxygens (including phenoxy) is 1. The highest BCUT2D eigenvalue weighted by molar-refractivity contribution is 5.79. The van der Waals surface area contributed by atoms with Gasteiger partial charge >= 0.3 is 11.8 Å². The summed E-state index contributed by atoms with van der Waals surface area (Å²) in [6, 6.07) is 0. The lowest BCUT2D eigenvalue weighted by molar-refractivity contribution is 0.0273. The molecule has 0 saturated heterocycles. The van der Waals surface area contributed by atoms with Crippen molar-refractivity contribution >= 4 is 22.8 Å². The molecule has 1 aliphatic heterocycles. The second kappa shape index (κ2) is 7.53. The molecule has 1 amide bonds. The van der Waals surface area contributed by atoms with Gasteiger partial charge in [0.15, 0.2) is 11.2 Å². The molecule has 0 aromatic carbocycles. The summed E-state index contributed by atoms with van der Waals surface area (Å²) in [6.45, 7) is 8.67. The smallest absolute Gasteiger partial charge is 0.410 e. The number of aryl methyl sites for hydroxylation is 2. The van der Waals surface area contributed by atoms with Gasteiger partial charge in [-0.15, -0.1) is 0 Å². The minimum atomic E-state index is -0.570. The molecule has 9 nitrogen and oxygen atoms in total. The van der Waals surface area contributed by atoms with Crippen LogP contribution in [0.25, 0.3) is 16.7 Å². The molecule has 0 aliphatic carbocycles. The number of imidazole rings is 1. The molecule has 0 atom stereocenters. The molecule has 29 heavy (non-hydrogen) atoms. The molecule has 3 heterocycles. The Labute approximate surface area is 169 Å². The summed E-state index contributed by atoms with van der Waals surface area (Å²) >= 11 is 0. The van der Waals surface area contributed by atoms with E-state index >= 15 is 0 Å². The first-order valence-corrected chi connectivity index (χ1v) is 9.88. The van der Waals surface area contributed by atoms with Gasteiger partial charge in [-0.2, -0.15) is 0 Å². The van der Waals surface area contributed by atoms with Gasteiger partial charge in [0, 0.05) is 32.8 Å². The fourth-order valence-electron chi connectivity index (χ4n) is 3.54. The fourth-order valence-corrected chi connectivity index (χ4v) is 3.54. The third-order valence-corrected chi connectivity index (χ3v) is 4.90. The van der Waals surface area contributed by atoms with E-state index < -0.39 is 5.60 Å². The highest BCUT2D eigenvalue weighted by atomic mass is 16.6. The Kier molecular flexibility index (Phi) is 5.42. The monoisotopic (exact) mass is 403 g/mol. The molecule has 2 aromatic heterocycles. The number of hydrogen-bond donors (Lipinski definition) is 0. The van der Waals surface area contributed by atoms with Crippen LogP contribution < -0.4 is 11.2 Å². The molecule has 0 bridgehead atoms. The first-order chi connectivity index (χ1) is 13.5. The van der Waals surface area contributed by atoms with E-state index in [0.29, 0.717) is 49.5 Å². The van der Waals surface area contributed by atoms with Crippen molar-refractivity contribution in [2.45, 2.75) is 52.7 Å². The third-order valence-electron chi connectivity index (χ3n) is 4.90. The van der Waals surface area contributed by atoms with Crippen molar-refractivity contribution in [2.75, 3.05) is 13.1 Å². The first kappa shape index (κ1) is 20.9. The number of carbonyl (C=O) groups is 1. The van der Waals surface area contributed by atoms with Crippen LogP contribution in [0.3, 0.4) is 0 Å². The predicted molar refractivity (Wildman–Crippen MR) is 111 cm³/mol. The van der Waals surface area contributed by atoms with E-state index in [1.165, 1.54) is 9.13 Å². The highest BCUT2D eigenvalue weighted by Gasteiger charge is 2.27. The summed E-state index contributed by atoms with van der Waals surface area (Å²) in [6.07, 6.45) is 2.99. The molecule has 9 heteroatoms. The van der Waals surface area contributed by atoms with Gasteiger partial charge in [-0.05, 0) is 33.6 Å². The van der Waals surface area contributed by atoms with Gasteiger partial charge in [0.25, 0.3) is 5.56 Å². The second-order valence-electron chi connectivity index (χ2n) is 8.38. The van der Waals surface area contributed by atoms with E-state index in [-0.39, 0.29) is 17.3 Å². The van der Waals surface area contributed by atoms with Gasteiger partial charge in [0.2, 0.25) is 0 Å². The summed E-state index contributed by atoms with van der Waals surface area (Å²) in [5.74, 6) is 0.578. The van der Waals surface area contributed by atoms with Crippen LogP contribution in [0.2, 0.25) is 0 Å². The van der Waals surface area contributed by atoms with Crippen molar-refractivity contribution in [1.82, 2.24) is 23.6 Å². The van der Waals surface area contributed by atoms with E-state index in [1.807, 2.05) is 33.8 Å². The zero-order chi connectivity index (χ0) is 21.5. The van der Waals surface area contributed by atoms with Crippen molar-refractivity contribution in [3.05, 3.63) is 32.7 Å². The molecule has 0 spiro atoms. The van der Waals surface area contributed by atoms with E-state index in [2.05, 4.69) is 4.98 Å². The van der Waals surface area contributed by atoms with Gasteiger partial charge in [0.05, 0.1) is 6.54 Å². The number of nitrogens with zero attached hydrogens (tertiary/aromatic N) is 5. The molecular weight excluding hydrogens is 374 g/mol. The number of hydrogen-bond acceptors (Lipinski definition) is 5. The van der Waals surface area contributed by atoms with Crippen LogP contribution in [-0.4, -0.2) is 48.4 Å². The fraction of sp³-hybridized carbons (Fsp3) is 0.600. The van der Waals surface area contributed by atoms with Crippen LogP contribution in [0.15, 0.2) is 15.7 Å². The van der Waals surface area contributed by atoms with Gasteiger partial charge in [0.1, 0.15) is 11.4 Å². The van der Waals surface area contributed by atoms with Gasteiger partial charge in [-0.25, -0.2) is 14.6 Å². The summed E-state index contributed by atoms with van der Waals surface area (Å²) in [5.41, 5.74) is 0.271. The highest BCUT2D eigenvalue weighted by Crippen LogP contribution is 2.23. The lowest BCUT2D eigenvalue weighted by Gasteiger charge is -2.30. The largest absolute Gasteiger partial charge is 0.444 e. The lowest BCUT2D eigenvalue weighted by Crippen LogP contribution is -2.40. The maximum absolute atomic E-state index is 12.9. The zero-order valence-electron chi connectivity index (χ0n) is 18.0. The van der Waals surface area contributed by atoms with Crippen LogP contribution in [0.4, 0.5) is 4.79 Å². The Morgan fingerprint density at radius 3 is 2.52 bits per heavy atom. The lowest BCUT2D eigenvalue weighted by atomic mass is 10.1. The Morgan fingerprint density at radius 2 is 1.90 bits per heavy atom. The summed E-state index contributed by atoms with van der Waals surface area (Å²) < 4.78 is 9.85. The maximum Gasteiger partial charge on any atom is 0.410 e. The molecule has 0 radical (unpaired) electrons. The van der Waals surface area contributed by atoms with E-state index in [1.54, 1.807) is 23.6 Å². The van der Waals surface area contributed by atoms with E-state index in [4.69, 9.17) is 4.74 Å². The molecular formula is C20H29N5O4. The Hall–Kier alpha value is -2.84. The Balaban J connectivity index is 2.04. The minimum absolute atomic E-state index is 0.336. The molecule has 2 aromatic rings. The SMILES string of the molecule is CCCn1c(=O)c2c(nc(C3=CCCN(C(=O)OC(C)(C)C)C3)n2C)n(C)c1=O. The van der Waals surface area contributed by atoms with Crippen molar-refractivity contribution in [1.29, 1.82) is 0 Å². The molecule has 0 N–H and O–H groups in total. The average Bonchev–Trinajstić information content (AvgIpc) is 3.00. The quantitative estimate of drug-likeness (QED) is 0.780. The third kappa shape index (κ3) is 3.86. The standard InChI is InChI=1S/C20H29N5O4/c1-7-10-25-17(26)14-16(23(6)18(25)27)21-15(22(14)5)13-9-8-11-24(12-13)19(28)29-20(2,3)4/h9H,7-8,10-12H2,1-6H3. The maximum atomic E-state index is 12.9. The minimum Gasteiger partial charge on any atom is -0.444 e. The van der Waals surface area contributed by atoms with Crippen LogP contribution >= 0.6 is 0 Å². The zero-order valence-corrected chi connectivity index (χ0v) is 18.0. The predicted octanol–water partition coefficient (Wildman–Crippen LogP) is 1.87. The molecule has 0 saturated carbocycles. The average molecular weight is 403 g/mol. The molecule has 0 unspecified atom stereocenters. The van der Waals surface area contributed by atoms with Crippen LogP contribution in [0, 0.1) is 0 Å². The van der Waals surface area contributed by atoms with E-state index in [0.717, 1.165) is 5.57 Å². The van der Waals surface area contributed by atoms with Crippen molar-refractivity contribution in [2.24, 2.45) is 14.1 Å². The van der Waals surface area contributed by atoms with Crippen molar-refractivity contribution in [3.63, 3.8) is 0 Å². The summed E-state index contributed by atoms with van der Waals surface area (Å²) in [5, 5.41) is 0. The first-order valence-electron chi connectivity index (χ1n) is 9.88. The normalized spacial score (nSPS) is 15.0. The Morgan fingerprint density at radius 1 is 1.21 bits per heavy atom. The molecule has 1 aliphatic rings. The van der Waals surface area contributed by atoms with Gasteiger partial charge in [-0.1, -0.05) is 13.0 Å². The number of amides is 1. The topological polar surface area (TPSA) is 91.4 Å². The van der Waals surface area contributed by atoms with Gasteiger partial charge in [-0.3, -0.25) is 13.9 Å². The van der Waals surface area contributed by atoms with Gasteiger partial charge < -0.3 is 14.2 Å². The number of rotatable bonds is 3. The van der Waals surface area contributed by atoms with Crippen LogP contribution in [-0.2, 0) is 25.4 Å². The van der Waals surface area contributed by atoms with Crippen LogP contribution in [0.5, 0.6) is 0 Å². The van der Waals surface area contributed by atoms with E-state index in [9.17, 15) is 14.4 Å². The van der Waals surface area contributed by atoms with Crippen LogP contribution in [0.1, 0.15) is 46.4 Å². The molecule has 158 valence electrons.